The van der Waals surface area contributed by atoms with Crippen LogP contribution in [0.15, 0.2) is 18.3 Å². The minimum Gasteiger partial charge on any atom is -0.465 e. The SMILES string of the molecule is N[C@H]1C[C@@H](c2ccc[nH]2)N(C(=O)O)C1. The summed E-state index contributed by atoms with van der Waals surface area (Å²) in [6.45, 7) is 0.416. The summed E-state index contributed by atoms with van der Waals surface area (Å²) in [6.07, 6.45) is 1.57. The summed E-state index contributed by atoms with van der Waals surface area (Å²) in [4.78, 5) is 15.3. The van der Waals surface area contributed by atoms with Crippen LogP contribution in [0, 0.1) is 0 Å². The van der Waals surface area contributed by atoms with Gasteiger partial charge in [0.05, 0.1) is 6.04 Å². The summed E-state index contributed by atoms with van der Waals surface area (Å²) in [5.74, 6) is 0. The van der Waals surface area contributed by atoms with Gasteiger partial charge in [-0.25, -0.2) is 4.79 Å². The Labute approximate surface area is 81.5 Å². The van der Waals surface area contributed by atoms with Crippen LogP contribution >= 0.6 is 0 Å². The highest BCUT2D eigenvalue weighted by Crippen LogP contribution is 2.29. The maximum atomic E-state index is 10.9. The van der Waals surface area contributed by atoms with Crippen molar-refractivity contribution < 1.29 is 9.90 Å². The molecule has 1 saturated heterocycles. The average molecular weight is 195 g/mol. The van der Waals surface area contributed by atoms with Gasteiger partial charge in [-0.1, -0.05) is 0 Å². The van der Waals surface area contributed by atoms with Crippen LogP contribution in [0.25, 0.3) is 0 Å². The zero-order valence-electron chi connectivity index (χ0n) is 7.68. The van der Waals surface area contributed by atoms with Crippen molar-refractivity contribution in [3.05, 3.63) is 24.0 Å². The minimum atomic E-state index is -0.905. The van der Waals surface area contributed by atoms with Crippen molar-refractivity contribution in [3.63, 3.8) is 0 Å². The third-order valence-corrected chi connectivity index (χ3v) is 2.56. The molecule has 1 aromatic heterocycles. The van der Waals surface area contributed by atoms with Gasteiger partial charge in [-0.3, -0.25) is 4.90 Å². The van der Waals surface area contributed by atoms with Crippen LogP contribution in [0.3, 0.4) is 0 Å². The van der Waals surface area contributed by atoms with Gasteiger partial charge >= 0.3 is 6.09 Å². The van der Waals surface area contributed by atoms with E-state index in [2.05, 4.69) is 4.98 Å². The van der Waals surface area contributed by atoms with Crippen LogP contribution in [0.1, 0.15) is 18.2 Å². The smallest absolute Gasteiger partial charge is 0.407 e. The standard InChI is InChI=1S/C9H13N3O2/c10-6-4-8(7-2-1-3-11-7)12(5-6)9(13)14/h1-3,6,8,11H,4-5,10H2,(H,13,14)/t6-,8-/m0/s1. The Morgan fingerprint density at radius 1 is 1.71 bits per heavy atom. The third-order valence-electron chi connectivity index (χ3n) is 2.56. The Morgan fingerprint density at radius 3 is 3.07 bits per heavy atom. The first kappa shape index (κ1) is 9.08. The molecule has 1 aliphatic heterocycles. The van der Waals surface area contributed by atoms with E-state index in [1.165, 1.54) is 4.90 Å². The number of carbonyl (C=O) groups is 1. The molecule has 0 saturated carbocycles. The van der Waals surface area contributed by atoms with Gasteiger partial charge in [-0.15, -0.1) is 0 Å². The van der Waals surface area contributed by atoms with Gasteiger partial charge in [-0.05, 0) is 18.6 Å². The quantitative estimate of drug-likeness (QED) is 0.618. The number of H-pyrrole nitrogens is 1. The summed E-state index contributed by atoms with van der Waals surface area (Å²) in [5.41, 5.74) is 6.66. The number of nitrogens with one attached hydrogen (secondary N) is 1. The van der Waals surface area contributed by atoms with Crippen molar-refractivity contribution in [2.24, 2.45) is 5.73 Å². The predicted molar refractivity (Wildman–Crippen MR) is 50.9 cm³/mol. The zero-order valence-corrected chi connectivity index (χ0v) is 7.68. The van der Waals surface area contributed by atoms with Gasteiger partial charge in [0.2, 0.25) is 0 Å². The molecule has 0 bridgehead atoms. The normalized spacial score (nSPS) is 26.8. The van der Waals surface area contributed by atoms with Gasteiger partial charge in [-0.2, -0.15) is 0 Å². The van der Waals surface area contributed by atoms with Crippen molar-refractivity contribution in [2.75, 3.05) is 6.54 Å². The highest BCUT2D eigenvalue weighted by molar-refractivity contribution is 5.66. The topological polar surface area (TPSA) is 82.4 Å². The summed E-state index contributed by atoms with van der Waals surface area (Å²) in [7, 11) is 0. The molecule has 0 unspecified atom stereocenters. The van der Waals surface area contributed by atoms with E-state index in [1.54, 1.807) is 6.20 Å². The van der Waals surface area contributed by atoms with Crippen molar-refractivity contribution in [1.82, 2.24) is 9.88 Å². The highest BCUT2D eigenvalue weighted by atomic mass is 16.4. The first-order valence-corrected chi connectivity index (χ1v) is 4.57. The largest absolute Gasteiger partial charge is 0.465 e. The molecule has 5 nitrogen and oxygen atoms in total. The molecule has 5 heteroatoms. The van der Waals surface area contributed by atoms with Crippen molar-refractivity contribution >= 4 is 6.09 Å². The van der Waals surface area contributed by atoms with Crippen LogP contribution in [0.2, 0.25) is 0 Å². The van der Waals surface area contributed by atoms with E-state index >= 15 is 0 Å². The molecule has 2 rings (SSSR count). The van der Waals surface area contributed by atoms with E-state index in [9.17, 15) is 4.79 Å². The van der Waals surface area contributed by atoms with Gasteiger partial charge in [0.15, 0.2) is 0 Å². The molecule has 4 N–H and O–H groups in total. The van der Waals surface area contributed by atoms with Crippen molar-refractivity contribution in [2.45, 2.75) is 18.5 Å². The van der Waals surface area contributed by atoms with E-state index in [1.807, 2.05) is 12.1 Å². The number of likely N-dealkylation sites (tertiary alicyclic amines) is 1. The molecule has 0 aliphatic carbocycles. The van der Waals surface area contributed by atoms with Crippen LogP contribution in [-0.2, 0) is 0 Å². The van der Waals surface area contributed by atoms with Gasteiger partial charge in [0.25, 0.3) is 0 Å². The molecular formula is C9H13N3O2. The molecule has 76 valence electrons. The summed E-state index contributed by atoms with van der Waals surface area (Å²) in [6, 6.07) is 3.58. The maximum Gasteiger partial charge on any atom is 0.407 e. The van der Waals surface area contributed by atoms with Crippen LogP contribution in [-0.4, -0.2) is 33.7 Å². The Morgan fingerprint density at radius 2 is 2.50 bits per heavy atom. The fraction of sp³-hybridized carbons (Fsp3) is 0.444. The van der Waals surface area contributed by atoms with Crippen LogP contribution in [0.5, 0.6) is 0 Å². The summed E-state index contributed by atoms with van der Waals surface area (Å²) in [5, 5.41) is 8.96. The van der Waals surface area contributed by atoms with Gasteiger partial charge < -0.3 is 15.8 Å². The van der Waals surface area contributed by atoms with Crippen molar-refractivity contribution in [1.29, 1.82) is 0 Å². The Kier molecular flexibility index (Phi) is 2.17. The third kappa shape index (κ3) is 1.46. The fourth-order valence-corrected chi connectivity index (χ4v) is 1.93. The maximum absolute atomic E-state index is 10.9. The molecule has 14 heavy (non-hydrogen) atoms. The number of hydrogen-bond acceptors (Lipinski definition) is 2. The van der Waals surface area contributed by atoms with E-state index in [-0.39, 0.29) is 12.1 Å². The molecule has 1 amide bonds. The fourth-order valence-electron chi connectivity index (χ4n) is 1.93. The number of rotatable bonds is 1. The number of amides is 1. The lowest BCUT2D eigenvalue weighted by Crippen LogP contribution is -2.32. The number of aromatic nitrogens is 1. The van der Waals surface area contributed by atoms with Crippen LogP contribution < -0.4 is 5.73 Å². The summed E-state index contributed by atoms with van der Waals surface area (Å²) < 4.78 is 0. The lowest BCUT2D eigenvalue weighted by molar-refractivity contribution is 0.139. The number of nitrogens with two attached hydrogens (primary N) is 1. The first-order valence-electron chi connectivity index (χ1n) is 4.57. The first-order chi connectivity index (χ1) is 6.68. The highest BCUT2D eigenvalue weighted by Gasteiger charge is 2.34. The lowest BCUT2D eigenvalue weighted by Gasteiger charge is -2.19. The van der Waals surface area contributed by atoms with E-state index < -0.39 is 6.09 Å². The lowest BCUT2D eigenvalue weighted by atomic mass is 10.1. The number of aromatic amines is 1. The van der Waals surface area contributed by atoms with Gasteiger partial charge in [0.1, 0.15) is 0 Å². The van der Waals surface area contributed by atoms with Crippen molar-refractivity contribution in [3.8, 4) is 0 Å². The monoisotopic (exact) mass is 195 g/mol. The number of carboxylic acid groups (broad SMARTS) is 1. The molecular weight excluding hydrogens is 182 g/mol. The minimum absolute atomic E-state index is 0.0561. The van der Waals surface area contributed by atoms with E-state index in [4.69, 9.17) is 10.8 Å². The second kappa shape index (κ2) is 3.34. The molecule has 0 aromatic carbocycles. The van der Waals surface area contributed by atoms with Crippen LogP contribution in [0.4, 0.5) is 4.79 Å². The van der Waals surface area contributed by atoms with E-state index in [0.717, 1.165) is 5.69 Å². The molecule has 2 atom stereocenters. The molecule has 2 heterocycles. The second-order valence-corrected chi connectivity index (χ2v) is 3.57. The van der Waals surface area contributed by atoms with E-state index in [0.29, 0.717) is 13.0 Å². The van der Waals surface area contributed by atoms with Gasteiger partial charge in [0, 0.05) is 24.5 Å². The second-order valence-electron chi connectivity index (χ2n) is 3.57. The molecule has 0 radical (unpaired) electrons. The molecule has 1 aliphatic rings. The summed E-state index contributed by atoms with van der Waals surface area (Å²) >= 11 is 0. The average Bonchev–Trinajstić information content (AvgIpc) is 2.70. The molecule has 0 spiro atoms. The Hall–Kier alpha value is -1.49. The number of nitrogens with zero attached hydrogens (tertiary/aromatic N) is 1. The predicted octanol–water partition coefficient (Wildman–Crippen LogP) is 0.767. The molecule has 1 aromatic rings. The Bertz CT molecular complexity index is 323. The zero-order chi connectivity index (χ0) is 10.1. The Balaban J connectivity index is 2.21. The number of hydrogen-bond donors (Lipinski definition) is 3. The molecule has 1 fully saturated rings.